The van der Waals surface area contributed by atoms with Gasteiger partial charge in [-0.1, -0.05) is 35.3 Å². The van der Waals surface area contributed by atoms with Gasteiger partial charge in [0.05, 0.1) is 16.3 Å². The van der Waals surface area contributed by atoms with Crippen molar-refractivity contribution in [1.82, 2.24) is 9.78 Å². The number of halogens is 3. The lowest BCUT2D eigenvalue weighted by atomic mass is 10.2. The highest BCUT2D eigenvalue weighted by Gasteiger charge is 2.18. The van der Waals surface area contributed by atoms with E-state index >= 15 is 0 Å². The monoisotopic (exact) mass is 354 g/mol. The first kappa shape index (κ1) is 15.2. The maximum absolute atomic E-state index is 14.0. The van der Waals surface area contributed by atoms with Crippen molar-refractivity contribution in [2.45, 2.75) is 6.92 Å². The molecule has 0 aliphatic heterocycles. The van der Waals surface area contributed by atoms with Gasteiger partial charge in [-0.2, -0.15) is 4.68 Å². The van der Waals surface area contributed by atoms with Crippen LogP contribution < -0.4 is 0 Å². The van der Waals surface area contributed by atoms with Gasteiger partial charge in [-0.25, -0.2) is 4.39 Å². The van der Waals surface area contributed by atoms with Crippen molar-refractivity contribution < 1.29 is 8.81 Å². The first-order chi connectivity index (χ1) is 10.5. The molecule has 2 aromatic carbocycles. The Morgan fingerprint density at radius 1 is 1.14 bits per heavy atom. The summed E-state index contributed by atoms with van der Waals surface area (Å²) in [5, 5.41) is 5.01. The van der Waals surface area contributed by atoms with Crippen molar-refractivity contribution >= 4 is 35.4 Å². The van der Waals surface area contributed by atoms with Gasteiger partial charge in [-0.15, -0.1) is 5.10 Å². The maximum atomic E-state index is 14.0. The SMILES string of the molecule is Cc1c(Cl)cccc1-n1nc(-c2c(F)cccc2Cl)oc1=S. The predicted octanol–water partition coefficient (Wildman–Crippen LogP) is 5.62. The Kier molecular flexibility index (Phi) is 4.04. The normalized spacial score (nSPS) is 10.9. The van der Waals surface area contributed by atoms with Gasteiger partial charge in [0.25, 0.3) is 10.7 Å². The minimum atomic E-state index is -0.529. The van der Waals surface area contributed by atoms with Crippen LogP contribution in [0.3, 0.4) is 0 Å². The summed E-state index contributed by atoms with van der Waals surface area (Å²) in [5.74, 6) is -0.508. The number of hydrogen-bond acceptors (Lipinski definition) is 3. The molecule has 0 spiro atoms. The summed E-state index contributed by atoms with van der Waals surface area (Å²) >= 11 is 17.3. The molecule has 0 atom stereocenters. The highest BCUT2D eigenvalue weighted by atomic mass is 35.5. The molecule has 3 aromatic rings. The fourth-order valence-electron chi connectivity index (χ4n) is 2.06. The van der Waals surface area contributed by atoms with E-state index in [1.54, 1.807) is 24.3 Å². The van der Waals surface area contributed by atoms with Crippen molar-refractivity contribution in [1.29, 1.82) is 0 Å². The van der Waals surface area contributed by atoms with Crippen LogP contribution in [0.2, 0.25) is 10.0 Å². The Bertz CT molecular complexity index is 900. The van der Waals surface area contributed by atoms with Crippen LogP contribution in [0.5, 0.6) is 0 Å². The van der Waals surface area contributed by atoms with Gasteiger partial charge in [-0.05, 0) is 49.0 Å². The molecular weight excluding hydrogens is 346 g/mol. The van der Waals surface area contributed by atoms with Crippen LogP contribution in [0.15, 0.2) is 40.8 Å². The van der Waals surface area contributed by atoms with Crippen LogP contribution in [0, 0.1) is 17.6 Å². The van der Waals surface area contributed by atoms with Crippen molar-refractivity contribution in [2.24, 2.45) is 0 Å². The first-order valence-electron chi connectivity index (χ1n) is 6.29. The molecule has 3 rings (SSSR count). The van der Waals surface area contributed by atoms with Gasteiger partial charge in [0, 0.05) is 5.02 Å². The van der Waals surface area contributed by atoms with E-state index in [1.165, 1.54) is 16.8 Å². The lowest BCUT2D eigenvalue weighted by Gasteiger charge is -2.05. The Labute approximate surface area is 140 Å². The Morgan fingerprint density at radius 2 is 1.82 bits per heavy atom. The van der Waals surface area contributed by atoms with Gasteiger partial charge in [0.2, 0.25) is 0 Å². The Morgan fingerprint density at radius 3 is 2.55 bits per heavy atom. The van der Waals surface area contributed by atoms with Crippen molar-refractivity contribution in [3.05, 3.63) is 62.7 Å². The number of benzene rings is 2. The van der Waals surface area contributed by atoms with Crippen LogP contribution in [-0.4, -0.2) is 9.78 Å². The minimum Gasteiger partial charge on any atom is -0.409 e. The largest absolute Gasteiger partial charge is 0.409 e. The summed E-state index contributed by atoms with van der Waals surface area (Å²) in [4.78, 5) is 0.0830. The summed E-state index contributed by atoms with van der Waals surface area (Å²) in [6.45, 7) is 1.84. The molecule has 0 bridgehead atoms. The summed E-state index contributed by atoms with van der Waals surface area (Å²) < 4.78 is 20.8. The molecule has 3 nitrogen and oxygen atoms in total. The third-order valence-electron chi connectivity index (χ3n) is 3.19. The smallest absolute Gasteiger partial charge is 0.292 e. The molecule has 0 aliphatic rings. The first-order valence-corrected chi connectivity index (χ1v) is 7.45. The predicted molar refractivity (Wildman–Crippen MR) is 86.8 cm³/mol. The van der Waals surface area contributed by atoms with Crippen LogP contribution in [0.4, 0.5) is 4.39 Å². The fourth-order valence-corrected chi connectivity index (χ4v) is 2.69. The van der Waals surface area contributed by atoms with E-state index in [9.17, 15) is 4.39 Å². The summed E-state index contributed by atoms with van der Waals surface area (Å²) in [6, 6.07) is 9.68. The molecule has 0 unspecified atom stereocenters. The van der Waals surface area contributed by atoms with Crippen molar-refractivity contribution in [2.75, 3.05) is 0 Å². The molecule has 112 valence electrons. The average molecular weight is 355 g/mol. The number of hydrogen-bond donors (Lipinski definition) is 0. The molecule has 0 fully saturated rings. The lowest BCUT2D eigenvalue weighted by molar-refractivity contribution is 0.536. The molecular formula is C15H9Cl2FN2OS. The molecule has 0 N–H and O–H groups in total. The highest BCUT2D eigenvalue weighted by Crippen LogP contribution is 2.31. The molecule has 0 radical (unpaired) electrons. The third kappa shape index (κ3) is 2.56. The molecule has 1 aromatic heterocycles. The van der Waals surface area contributed by atoms with Gasteiger partial charge < -0.3 is 4.42 Å². The van der Waals surface area contributed by atoms with Crippen LogP contribution >= 0.6 is 35.4 Å². The number of nitrogens with zero attached hydrogens (tertiary/aromatic N) is 2. The quantitative estimate of drug-likeness (QED) is 0.560. The number of aromatic nitrogens is 2. The molecule has 22 heavy (non-hydrogen) atoms. The zero-order valence-corrected chi connectivity index (χ0v) is 13.6. The topological polar surface area (TPSA) is 31.0 Å². The van der Waals surface area contributed by atoms with Gasteiger partial charge >= 0.3 is 0 Å². The molecule has 1 heterocycles. The van der Waals surface area contributed by atoms with E-state index in [0.29, 0.717) is 10.7 Å². The van der Waals surface area contributed by atoms with Gasteiger partial charge in [0.15, 0.2) is 0 Å². The van der Waals surface area contributed by atoms with E-state index in [4.69, 9.17) is 39.8 Å². The average Bonchev–Trinajstić information content (AvgIpc) is 2.83. The van der Waals surface area contributed by atoms with E-state index < -0.39 is 5.82 Å². The van der Waals surface area contributed by atoms with Crippen LogP contribution in [-0.2, 0) is 0 Å². The molecule has 0 saturated heterocycles. The molecule has 0 saturated carbocycles. The van der Waals surface area contributed by atoms with E-state index in [2.05, 4.69) is 5.10 Å². The second-order valence-electron chi connectivity index (χ2n) is 4.57. The fraction of sp³-hybridized carbons (Fsp3) is 0.0667. The standard InChI is InChI=1S/C15H9Cl2FN2OS/c1-8-9(16)4-3-7-12(8)20-15(22)21-14(19-20)13-10(17)5-2-6-11(13)18/h2-7H,1H3. The summed E-state index contributed by atoms with van der Waals surface area (Å²) in [7, 11) is 0. The van der Waals surface area contributed by atoms with E-state index in [0.717, 1.165) is 5.56 Å². The van der Waals surface area contributed by atoms with E-state index in [-0.39, 0.29) is 21.3 Å². The lowest BCUT2D eigenvalue weighted by Crippen LogP contribution is -2.00. The van der Waals surface area contributed by atoms with Gasteiger partial charge in [0.1, 0.15) is 5.82 Å². The minimum absolute atomic E-state index is 0.0208. The van der Waals surface area contributed by atoms with Crippen LogP contribution in [0.25, 0.3) is 17.1 Å². The van der Waals surface area contributed by atoms with Crippen molar-refractivity contribution in [3.8, 4) is 17.1 Å². The molecule has 0 aliphatic carbocycles. The van der Waals surface area contributed by atoms with Gasteiger partial charge in [-0.3, -0.25) is 0 Å². The van der Waals surface area contributed by atoms with E-state index in [1.807, 2.05) is 6.92 Å². The third-order valence-corrected chi connectivity index (χ3v) is 4.17. The van der Waals surface area contributed by atoms with Crippen LogP contribution in [0.1, 0.15) is 5.56 Å². The Balaban J connectivity index is 2.21. The molecule has 7 heteroatoms. The highest BCUT2D eigenvalue weighted by molar-refractivity contribution is 7.71. The second kappa shape index (κ2) is 5.83. The zero-order valence-electron chi connectivity index (χ0n) is 11.3. The summed E-state index contributed by atoms with van der Waals surface area (Å²) in [6.07, 6.45) is 0. The zero-order chi connectivity index (χ0) is 15.9. The second-order valence-corrected chi connectivity index (χ2v) is 5.73. The molecule has 0 amide bonds. The Hall–Kier alpha value is -1.69. The number of rotatable bonds is 2. The maximum Gasteiger partial charge on any atom is 0.292 e. The summed E-state index contributed by atoms with van der Waals surface area (Å²) in [5.41, 5.74) is 1.54. The van der Waals surface area contributed by atoms with Crippen molar-refractivity contribution in [3.63, 3.8) is 0 Å².